The quantitative estimate of drug-likeness (QED) is 0.836. The van der Waals surface area contributed by atoms with E-state index in [9.17, 15) is 4.79 Å². The minimum absolute atomic E-state index is 0.0737. The van der Waals surface area contributed by atoms with Crippen molar-refractivity contribution in [3.63, 3.8) is 0 Å². The summed E-state index contributed by atoms with van der Waals surface area (Å²) in [5.74, 6) is 0.495. The van der Waals surface area contributed by atoms with E-state index in [0.29, 0.717) is 10.8 Å². The van der Waals surface area contributed by atoms with E-state index >= 15 is 0 Å². The minimum Gasteiger partial charge on any atom is -0.481 e. The molecule has 0 aliphatic heterocycles. The maximum absolute atomic E-state index is 12.4. The highest BCUT2D eigenvalue weighted by Gasteiger charge is 2.19. The number of carbonyl (C=O) groups excluding carboxylic acids is 1. The highest BCUT2D eigenvalue weighted by atomic mass is 35.5. The monoisotopic (exact) mass is 345 g/mol. The molecule has 2 aromatic rings. The standard InChI is InChI=1S/C20H24ClNO2/c1-12-6-7-13(2)18(10-12)15(4)22-20(23)16(5)24-17-8-9-19(21)14(3)11-17/h6-11,15-16H,1-5H3,(H,22,23)/t15-,16-/m1/s1. The number of nitrogens with one attached hydrogen (secondary N) is 1. The van der Waals surface area contributed by atoms with Crippen LogP contribution in [0.2, 0.25) is 5.02 Å². The summed E-state index contributed by atoms with van der Waals surface area (Å²) in [6.07, 6.45) is -0.585. The lowest BCUT2D eigenvalue weighted by atomic mass is 10.00. The highest BCUT2D eigenvalue weighted by molar-refractivity contribution is 6.31. The number of rotatable bonds is 5. The second kappa shape index (κ2) is 7.71. The Morgan fingerprint density at radius 3 is 2.42 bits per heavy atom. The largest absolute Gasteiger partial charge is 0.481 e. The summed E-state index contributed by atoms with van der Waals surface area (Å²) in [7, 11) is 0. The van der Waals surface area contributed by atoms with Gasteiger partial charge in [-0.25, -0.2) is 0 Å². The summed E-state index contributed by atoms with van der Waals surface area (Å²) >= 11 is 6.01. The first kappa shape index (κ1) is 18.3. The average molecular weight is 346 g/mol. The van der Waals surface area contributed by atoms with E-state index < -0.39 is 6.10 Å². The number of amides is 1. The fraction of sp³-hybridized carbons (Fsp3) is 0.350. The third kappa shape index (κ3) is 4.51. The van der Waals surface area contributed by atoms with Crippen LogP contribution in [-0.2, 0) is 4.79 Å². The van der Waals surface area contributed by atoms with Crippen LogP contribution in [0.4, 0.5) is 0 Å². The molecular formula is C20H24ClNO2. The molecule has 0 spiro atoms. The molecule has 128 valence electrons. The molecule has 1 amide bonds. The zero-order valence-corrected chi connectivity index (χ0v) is 15.6. The molecule has 0 saturated carbocycles. The summed E-state index contributed by atoms with van der Waals surface area (Å²) in [6, 6.07) is 11.6. The van der Waals surface area contributed by atoms with E-state index in [1.807, 2.05) is 33.8 Å². The Kier molecular flexibility index (Phi) is 5.89. The van der Waals surface area contributed by atoms with Crippen molar-refractivity contribution in [2.24, 2.45) is 0 Å². The number of aryl methyl sites for hydroxylation is 3. The molecule has 2 aromatic carbocycles. The summed E-state index contributed by atoms with van der Waals surface area (Å²) in [5.41, 5.74) is 4.39. The van der Waals surface area contributed by atoms with Crippen LogP contribution in [0.5, 0.6) is 5.75 Å². The van der Waals surface area contributed by atoms with Crippen LogP contribution in [0.15, 0.2) is 36.4 Å². The number of ether oxygens (including phenoxy) is 1. The van der Waals surface area contributed by atoms with E-state index in [1.54, 1.807) is 19.1 Å². The number of halogens is 1. The lowest BCUT2D eigenvalue weighted by Gasteiger charge is -2.21. The maximum Gasteiger partial charge on any atom is 0.261 e. The van der Waals surface area contributed by atoms with Gasteiger partial charge >= 0.3 is 0 Å². The molecule has 3 nitrogen and oxygen atoms in total. The normalized spacial score (nSPS) is 13.2. The first-order valence-electron chi connectivity index (χ1n) is 8.08. The summed E-state index contributed by atoms with van der Waals surface area (Å²) in [6.45, 7) is 9.73. The fourth-order valence-electron chi connectivity index (χ4n) is 2.58. The van der Waals surface area contributed by atoms with Gasteiger partial charge in [-0.2, -0.15) is 0 Å². The third-order valence-electron chi connectivity index (χ3n) is 4.07. The number of hydrogen-bond acceptors (Lipinski definition) is 2. The molecule has 0 bridgehead atoms. The average Bonchev–Trinajstić information content (AvgIpc) is 2.53. The Morgan fingerprint density at radius 2 is 1.75 bits per heavy atom. The molecule has 1 N–H and O–H groups in total. The smallest absolute Gasteiger partial charge is 0.261 e. The van der Waals surface area contributed by atoms with Gasteiger partial charge in [-0.05, 0) is 69.5 Å². The van der Waals surface area contributed by atoms with Gasteiger partial charge in [0.15, 0.2) is 6.10 Å². The van der Waals surface area contributed by atoms with Crippen LogP contribution in [-0.4, -0.2) is 12.0 Å². The summed E-state index contributed by atoms with van der Waals surface area (Å²) < 4.78 is 5.73. The second-order valence-corrected chi connectivity index (χ2v) is 6.67. The van der Waals surface area contributed by atoms with Crippen molar-refractivity contribution in [2.75, 3.05) is 0 Å². The van der Waals surface area contributed by atoms with Gasteiger partial charge in [0.05, 0.1) is 6.04 Å². The molecule has 4 heteroatoms. The van der Waals surface area contributed by atoms with Crippen molar-refractivity contribution < 1.29 is 9.53 Å². The molecule has 0 aliphatic rings. The van der Waals surface area contributed by atoms with Gasteiger partial charge in [0, 0.05) is 5.02 Å². The SMILES string of the molecule is Cc1ccc(C)c([C@@H](C)NC(=O)[C@@H](C)Oc2ccc(Cl)c(C)c2)c1. The number of hydrogen-bond donors (Lipinski definition) is 1. The lowest BCUT2D eigenvalue weighted by Crippen LogP contribution is -2.38. The van der Waals surface area contributed by atoms with Crippen LogP contribution in [0, 0.1) is 20.8 Å². The lowest BCUT2D eigenvalue weighted by molar-refractivity contribution is -0.127. The molecule has 0 aliphatic carbocycles. The van der Waals surface area contributed by atoms with Crippen molar-refractivity contribution in [2.45, 2.75) is 46.8 Å². The fourth-order valence-corrected chi connectivity index (χ4v) is 2.70. The molecule has 0 aromatic heterocycles. The summed E-state index contributed by atoms with van der Waals surface area (Å²) in [4.78, 5) is 12.4. The van der Waals surface area contributed by atoms with E-state index in [0.717, 1.165) is 16.7 Å². The zero-order chi connectivity index (χ0) is 17.9. The first-order chi connectivity index (χ1) is 11.3. The van der Waals surface area contributed by atoms with E-state index in [2.05, 4.69) is 23.5 Å². The van der Waals surface area contributed by atoms with Crippen LogP contribution in [0.3, 0.4) is 0 Å². The van der Waals surface area contributed by atoms with Crippen LogP contribution in [0.1, 0.15) is 42.1 Å². The third-order valence-corrected chi connectivity index (χ3v) is 4.50. The Balaban J connectivity index is 2.02. The molecular weight excluding hydrogens is 322 g/mol. The van der Waals surface area contributed by atoms with Gasteiger partial charge in [0.25, 0.3) is 5.91 Å². The van der Waals surface area contributed by atoms with Gasteiger partial charge in [-0.3, -0.25) is 4.79 Å². The number of benzene rings is 2. The Hall–Kier alpha value is -2.00. The van der Waals surface area contributed by atoms with Gasteiger partial charge in [-0.15, -0.1) is 0 Å². The molecule has 0 unspecified atom stereocenters. The predicted octanol–water partition coefficient (Wildman–Crippen LogP) is 4.91. The van der Waals surface area contributed by atoms with Crippen molar-refractivity contribution in [3.8, 4) is 5.75 Å². The topological polar surface area (TPSA) is 38.3 Å². The Morgan fingerprint density at radius 1 is 1.04 bits per heavy atom. The molecule has 0 saturated heterocycles. The van der Waals surface area contributed by atoms with Crippen molar-refractivity contribution in [1.82, 2.24) is 5.32 Å². The van der Waals surface area contributed by atoms with Gasteiger partial charge in [0.2, 0.25) is 0 Å². The molecule has 2 rings (SSSR count). The van der Waals surface area contributed by atoms with Gasteiger partial charge < -0.3 is 10.1 Å². The van der Waals surface area contributed by atoms with Crippen molar-refractivity contribution in [3.05, 3.63) is 63.7 Å². The first-order valence-corrected chi connectivity index (χ1v) is 8.46. The zero-order valence-electron chi connectivity index (χ0n) is 14.8. The minimum atomic E-state index is -0.585. The predicted molar refractivity (Wildman–Crippen MR) is 98.8 cm³/mol. The highest BCUT2D eigenvalue weighted by Crippen LogP contribution is 2.22. The maximum atomic E-state index is 12.4. The molecule has 24 heavy (non-hydrogen) atoms. The van der Waals surface area contributed by atoms with Crippen LogP contribution < -0.4 is 10.1 Å². The second-order valence-electron chi connectivity index (χ2n) is 6.26. The van der Waals surface area contributed by atoms with Gasteiger partial charge in [0.1, 0.15) is 5.75 Å². The molecule has 0 heterocycles. The van der Waals surface area contributed by atoms with E-state index in [-0.39, 0.29) is 11.9 Å². The van der Waals surface area contributed by atoms with Crippen molar-refractivity contribution >= 4 is 17.5 Å². The number of carbonyl (C=O) groups is 1. The van der Waals surface area contributed by atoms with E-state index in [1.165, 1.54) is 5.56 Å². The van der Waals surface area contributed by atoms with Crippen molar-refractivity contribution in [1.29, 1.82) is 0 Å². The van der Waals surface area contributed by atoms with Crippen LogP contribution in [0.25, 0.3) is 0 Å². The summed E-state index contributed by atoms with van der Waals surface area (Å²) in [5, 5.41) is 3.70. The molecule has 2 atom stereocenters. The Labute approximate surface area is 149 Å². The van der Waals surface area contributed by atoms with Crippen LogP contribution >= 0.6 is 11.6 Å². The Bertz CT molecular complexity index is 742. The molecule has 0 radical (unpaired) electrons. The van der Waals surface area contributed by atoms with Gasteiger partial charge in [-0.1, -0.05) is 35.4 Å². The van der Waals surface area contributed by atoms with E-state index in [4.69, 9.17) is 16.3 Å². The molecule has 0 fully saturated rings.